The number of carboxylic acids is 2. The van der Waals surface area contributed by atoms with Gasteiger partial charge >= 0.3 is 18.1 Å². The first kappa shape index (κ1) is 23.1. The second-order valence-corrected chi connectivity index (χ2v) is 6.71. The van der Waals surface area contributed by atoms with Gasteiger partial charge in [0.05, 0.1) is 5.60 Å². The van der Waals surface area contributed by atoms with Crippen LogP contribution in [0.25, 0.3) is 0 Å². The Morgan fingerprint density at radius 2 is 1.73 bits per heavy atom. The van der Waals surface area contributed by atoms with Crippen LogP contribution in [0.4, 0.5) is 19.0 Å². The lowest BCUT2D eigenvalue weighted by Crippen LogP contribution is -2.36. The van der Waals surface area contributed by atoms with Gasteiger partial charge in [0.1, 0.15) is 5.82 Å². The summed E-state index contributed by atoms with van der Waals surface area (Å²) in [5.74, 6) is -3.24. The van der Waals surface area contributed by atoms with Gasteiger partial charge in [-0.25, -0.2) is 14.6 Å². The van der Waals surface area contributed by atoms with E-state index in [-0.39, 0.29) is 11.7 Å². The van der Waals surface area contributed by atoms with E-state index in [2.05, 4.69) is 15.3 Å². The number of nitrogens with one attached hydrogen (secondary N) is 1. The number of hydrogen-bond acceptors (Lipinski definition) is 6. The Labute approximate surface area is 169 Å². The molecule has 8 nitrogen and oxygen atoms in total. The predicted octanol–water partition coefficient (Wildman–Crippen LogP) is 3.05. The Balaban J connectivity index is 0.000000396. The molecule has 30 heavy (non-hydrogen) atoms. The lowest BCUT2D eigenvalue weighted by Gasteiger charge is -2.36. The molecule has 0 amide bonds. The van der Waals surface area contributed by atoms with Gasteiger partial charge in [-0.1, -0.05) is 12.1 Å². The van der Waals surface area contributed by atoms with Gasteiger partial charge in [0, 0.05) is 24.0 Å². The molecule has 11 heteroatoms. The molecule has 0 aromatic carbocycles. The van der Waals surface area contributed by atoms with E-state index in [0.29, 0.717) is 18.7 Å². The summed E-state index contributed by atoms with van der Waals surface area (Å²) in [6.45, 7) is 0. The highest BCUT2D eigenvalue weighted by atomic mass is 19.4. The summed E-state index contributed by atoms with van der Waals surface area (Å²) in [4.78, 5) is 28.0. The fourth-order valence-corrected chi connectivity index (χ4v) is 3.01. The molecule has 2 aromatic heterocycles. The molecule has 0 atom stereocenters. The average Bonchev–Trinajstić information content (AvgIpc) is 2.70. The maximum Gasteiger partial charge on any atom is 0.490 e. The van der Waals surface area contributed by atoms with Crippen LogP contribution in [-0.4, -0.2) is 49.4 Å². The molecule has 0 bridgehead atoms. The number of alkyl halides is 3. The van der Waals surface area contributed by atoms with Crippen molar-refractivity contribution in [3.05, 3.63) is 54.0 Å². The molecule has 2 heterocycles. The smallest absolute Gasteiger partial charge is 0.477 e. The quantitative estimate of drug-likeness (QED) is 0.585. The molecule has 1 saturated carbocycles. The van der Waals surface area contributed by atoms with Gasteiger partial charge in [-0.05, 0) is 43.9 Å². The maximum absolute atomic E-state index is 11.0. The second-order valence-electron chi connectivity index (χ2n) is 6.71. The Morgan fingerprint density at radius 3 is 2.23 bits per heavy atom. The van der Waals surface area contributed by atoms with Crippen LogP contribution >= 0.6 is 0 Å². The van der Waals surface area contributed by atoms with Crippen LogP contribution in [0, 0.1) is 0 Å². The molecular weight excluding hydrogens is 407 g/mol. The fourth-order valence-electron chi connectivity index (χ4n) is 3.01. The van der Waals surface area contributed by atoms with Gasteiger partial charge < -0.3 is 20.6 Å². The number of carboxylic acid groups (broad SMARTS) is 2. The van der Waals surface area contributed by atoms with E-state index < -0.39 is 23.7 Å². The summed E-state index contributed by atoms with van der Waals surface area (Å²) in [6, 6.07) is 8.80. The summed E-state index contributed by atoms with van der Waals surface area (Å²) in [5, 5.41) is 30.2. The highest BCUT2D eigenvalue weighted by Crippen LogP contribution is 2.37. The highest BCUT2D eigenvalue weighted by Gasteiger charge is 2.38. The average molecular weight is 427 g/mol. The third-order valence-electron chi connectivity index (χ3n) is 4.57. The summed E-state index contributed by atoms with van der Waals surface area (Å²) in [7, 11) is 0. The number of halogens is 3. The Bertz CT molecular complexity index is 869. The summed E-state index contributed by atoms with van der Waals surface area (Å²) < 4.78 is 31.7. The molecule has 0 spiro atoms. The van der Waals surface area contributed by atoms with E-state index >= 15 is 0 Å². The van der Waals surface area contributed by atoms with Crippen molar-refractivity contribution in [3.8, 4) is 0 Å². The topological polar surface area (TPSA) is 133 Å². The predicted molar refractivity (Wildman–Crippen MR) is 98.9 cm³/mol. The first-order chi connectivity index (χ1) is 14.0. The van der Waals surface area contributed by atoms with E-state index in [4.69, 9.17) is 15.0 Å². The number of anilines is 1. The van der Waals surface area contributed by atoms with Crippen molar-refractivity contribution in [3.63, 3.8) is 0 Å². The molecule has 1 aliphatic carbocycles. The van der Waals surface area contributed by atoms with Gasteiger partial charge in [0.15, 0.2) is 5.69 Å². The van der Waals surface area contributed by atoms with Gasteiger partial charge in [-0.15, -0.1) is 0 Å². The summed E-state index contributed by atoms with van der Waals surface area (Å²) in [6.07, 6.45) is 1.16. The van der Waals surface area contributed by atoms with Crippen molar-refractivity contribution in [1.29, 1.82) is 0 Å². The zero-order valence-corrected chi connectivity index (χ0v) is 15.6. The number of aliphatic carboxylic acids is 1. The Morgan fingerprint density at radius 1 is 1.10 bits per heavy atom. The number of aromatic carboxylic acids is 1. The fraction of sp³-hybridized carbons (Fsp3) is 0.368. The number of carbonyl (C=O) groups is 2. The van der Waals surface area contributed by atoms with E-state index in [1.54, 1.807) is 24.5 Å². The largest absolute Gasteiger partial charge is 0.490 e. The number of nitrogens with zero attached hydrogens (tertiary/aromatic N) is 2. The maximum atomic E-state index is 11.0. The zero-order chi connectivity index (χ0) is 22.4. The molecular formula is C19H20F3N3O5. The monoisotopic (exact) mass is 427 g/mol. The minimum atomic E-state index is -5.08. The van der Waals surface area contributed by atoms with E-state index in [1.165, 1.54) is 6.07 Å². The van der Waals surface area contributed by atoms with E-state index in [0.717, 1.165) is 18.4 Å². The Kier molecular flexibility index (Phi) is 7.33. The zero-order valence-electron chi connectivity index (χ0n) is 15.6. The van der Waals surface area contributed by atoms with Crippen molar-refractivity contribution in [1.82, 2.24) is 9.97 Å². The molecule has 162 valence electrons. The first-order valence-electron chi connectivity index (χ1n) is 8.91. The third kappa shape index (κ3) is 6.41. The molecule has 3 rings (SSSR count). The number of aromatic nitrogens is 2. The first-order valence-corrected chi connectivity index (χ1v) is 8.91. The molecule has 1 aliphatic rings. The molecule has 1 fully saturated rings. The number of hydrogen-bond donors (Lipinski definition) is 4. The lowest BCUT2D eigenvalue weighted by molar-refractivity contribution is -0.192. The van der Waals surface area contributed by atoms with Crippen molar-refractivity contribution in [2.75, 3.05) is 5.32 Å². The number of aliphatic hydroxyl groups is 1. The second kappa shape index (κ2) is 9.53. The van der Waals surface area contributed by atoms with Gasteiger partial charge in [0.25, 0.3) is 0 Å². The molecule has 2 aromatic rings. The molecule has 0 saturated heterocycles. The highest BCUT2D eigenvalue weighted by molar-refractivity contribution is 5.85. The Hall–Kier alpha value is -3.21. The van der Waals surface area contributed by atoms with Crippen molar-refractivity contribution in [2.45, 2.75) is 43.5 Å². The van der Waals surface area contributed by atoms with Crippen LogP contribution in [0.3, 0.4) is 0 Å². The number of pyridine rings is 2. The standard InChI is InChI=1S/C17H19N3O3.C2HF3O2/c21-16(22)14-4-1-5-15(20-14)19-13-6-8-17(23,9-7-13)12-3-2-10-18-11-12;3-2(4,5)1(6)7/h1-5,10-11,13,23H,6-9H2,(H,19,20)(H,21,22);(H,6,7). The molecule has 0 unspecified atom stereocenters. The van der Waals surface area contributed by atoms with Crippen LogP contribution in [0.2, 0.25) is 0 Å². The number of rotatable bonds is 4. The van der Waals surface area contributed by atoms with Crippen LogP contribution in [0.15, 0.2) is 42.7 Å². The SMILES string of the molecule is O=C(O)C(F)(F)F.O=C(O)c1cccc(NC2CCC(O)(c3cccnc3)CC2)n1. The van der Waals surface area contributed by atoms with Crippen LogP contribution in [0.5, 0.6) is 0 Å². The van der Waals surface area contributed by atoms with Crippen LogP contribution < -0.4 is 5.32 Å². The summed E-state index contributed by atoms with van der Waals surface area (Å²) in [5.41, 5.74) is 0.0464. The third-order valence-corrected chi connectivity index (χ3v) is 4.57. The van der Waals surface area contributed by atoms with Crippen molar-refractivity contribution < 1.29 is 38.1 Å². The van der Waals surface area contributed by atoms with Crippen LogP contribution in [0.1, 0.15) is 41.7 Å². The molecule has 0 radical (unpaired) electrons. The normalized spacial score (nSPS) is 21.1. The molecule has 0 aliphatic heterocycles. The lowest BCUT2D eigenvalue weighted by atomic mass is 9.78. The van der Waals surface area contributed by atoms with Crippen LogP contribution in [-0.2, 0) is 10.4 Å². The minimum absolute atomic E-state index is 0.0256. The van der Waals surface area contributed by atoms with Gasteiger partial charge in [-0.2, -0.15) is 13.2 Å². The minimum Gasteiger partial charge on any atom is -0.477 e. The van der Waals surface area contributed by atoms with E-state index in [1.807, 2.05) is 12.1 Å². The van der Waals surface area contributed by atoms with E-state index in [9.17, 15) is 23.1 Å². The summed E-state index contributed by atoms with van der Waals surface area (Å²) >= 11 is 0. The van der Waals surface area contributed by atoms with Gasteiger partial charge in [-0.3, -0.25) is 4.98 Å². The van der Waals surface area contributed by atoms with Crippen molar-refractivity contribution >= 4 is 17.8 Å². The van der Waals surface area contributed by atoms with Gasteiger partial charge in [0.2, 0.25) is 0 Å². The van der Waals surface area contributed by atoms with Crippen molar-refractivity contribution in [2.24, 2.45) is 0 Å². The molecule has 4 N–H and O–H groups in total.